The van der Waals surface area contributed by atoms with Crippen molar-refractivity contribution in [3.05, 3.63) is 35.9 Å². The summed E-state index contributed by atoms with van der Waals surface area (Å²) in [6.45, 7) is 12.6. The Morgan fingerprint density at radius 3 is 1.26 bits per heavy atom. The number of hydrogen-bond acceptors (Lipinski definition) is 8. The summed E-state index contributed by atoms with van der Waals surface area (Å²) in [6.07, 6.45) is 4.34. The summed E-state index contributed by atoms with van der Waals surface area (Å²) in [5.74, 6) is 0. The summed E-state index contributed by atoms with van der Waals surface area (Å²) in [5.41, 5.74) is 17.4. The SMILES string of the molecule is NCCCNCCNCCCN.NCCCNCCNCCCNCc1ccccc1. The van der Waals surface area contributed by atoms with E-state index in [4.69, 9.17) is 17.2 Å². The van der Waals surface area contributed by atoms with Crippen molar-refractivity contribution in [2.75, 3.05) is 78.5 Å². The molecule has 1 rings (SSSR count). The number of nitrogens with two attached hydrogens (primary N) is 3. The lowest BCUT2D eigenvalue weighted by Gasteiger charge is -2.07. The van der Waals surface area contributed by atoms with Crippen molar-refractivity contribution >= 4 is 0 Å². The summed E-state index contributed by atoms with van der Waals surface area (Å²) in [5, 5.41) is 16.8. The smallest absolute Gasteiger partial charge is 0.0205 e. The van der Waals surface area contributed by atoms with E-state index in [0.717, 1.165) is 111 Å². The fraction of sp³-hybridized carbons (Fsp3) is 0.739. The Morgan fingerprint density at radius 1 is 0.452 bits per heavy atom. The van der Waals surface area contributed by atoms with E-state index in [9.17, 15) is 0 Å². The first kappa shape index (κ1) is 29.9. The summed E-state index contributed by atoms with van der Waals surface area (Å²) in [4.78, 5) is 0. The topological polar surface area (TPSA) is 138 Å². The molecule has 0 saturated heterocycles. The van der Waals surface area contributed by atoms with E-state index in [1.807, 2.05) is 0 Å². The van der Waals surface area contributed by atoms with E-state index < -0.39 is 0 Å². The first-order chi connectivity index (χ1) is 15.3. The molecular formula is C23H50N8. The third-order valence-electron chi connectivity index (χ3n) is 4.51. The van der Waals surface area contributed by atoms with Crippen molar-refractivity contribution < 1.29 is 0 Å². The lowest BCUT2D eigenvalue weighted by atomic mass is 10.2. The quantitative estimate of drug-likeness (QED) is 0.121. The van der Waals surface area contributed by atoms with Gasteiger partial charge in [0.15, 0.2) is 0 Å². The van der Waals surface area contributed by atoms with Gasteiger partial charge in [-0.3, -0.25) is 0 Å². The van der Waals surface area contributed by atoms with Crippen LogP contribution < -0.4 is 43.8 Å². The number of benzene rings is 1. The predicted molar refractivity (Wildman–Crippen MR) is 135 cm³/mol. The first-order valence-electron chi connectivity index (χ1n) is 12.0. The van der Waals surface area contributed by atoms with Crippen LogP contribution in [0.3, 0.4) is 0 Å². The molecule has 0 saturated carbocycles. The fourth-order valence-corrected chi connectivity index (χ4v) is 2.70. The monoisotopic (exact) mass is 438 g/mol. The highest BCUT2D eigenvalue weighted by atomic mass is 14.9. The van der Waals surface area contributed by atoms with Crippen molar-refractivity contribution in [2.24, 2.45) is 17.2 Å². The van der Waals surface area contributed by atoms with E-state index in [2.05, 4.69) is 56.9 Å². The number of hydrogen-bond donors (Lipinski definition) is 8. The summed E-state index contributed by atoms with van der Waals surface area (Å²) in [6, 6.07) is 10.5. The van der Waals surface area contributed by atoms with Crippen LogP contribution in [0.5, 0.6) is 0 Å². The van der Waals surface area contributed by atoms with Gasteiger partial charge in [-0.2, -0.15) is 0 Å². The van der Waals surface area contributed by atoms with E-state index >= 15 is 0 Å². The van der Waals surface area contributed by atoms with E-state index in [0.29, 0.717) is 0 Å². The molecule has 0 fully saturated rings. The molecule has 0 heterocycles. The van der Waals surface area contributed by atoms with Crippen LogP contribution in [0.15, 0.2) is 30.3 Å². The molecule has 0 aromatic heterocycles. The highest BCUT2D eigenvalue weighted by Gasteiger charge is 1.92. The van der Waals surface area contributed by atoms with Crippen LogP contribution in [0.2, 0.25) is 0 Å². The van der Waals surface area contributed by atoms with Crippen LogP contribution >= 0.6 is 0 Å². The first-order valence-corrected chi connectivity index (χ1v) is 12.0. The molecule has 0 aliphatic heterocycles. The molecule has 1 aromatic carbocycles. The summed E-state index contributed by atoms with van der Waals surface area (Å²) < 4.78 is 0. The van der Waals surface area contributed by atoms with Gasteiger partial charge in [-0.25, -0.2) is 0 Å². The maximum absolute atomic E-state index is 5.42. The van der Waals surface area contributed by atoms with Gasteiger partial charge < -0.3 is 43.8 Å². The molecule has 11 N–H and O–H groups in total. The lowest BCUT2D eigenvalue weighted by molar-refractivity contribution is 0.568. The molecule has 8 heteroatoms. The van der Waals surface area contributed by atoms with Crippen molar-refractivity contribution in [1.29, 1.82) is 0 Å². The van der Waals surface area contributed by atoms with Crippen LogP contribution in [0, 0.1) is 0 Å². The van der Waals surface area contributed by atoms with E-state index in [1.165, 1.54) is 5.56 Å². The van der Waals surface area contributed by atoms with Gasteiger partial charge in [0, 0.05) is 32.7 Å². The third kappa shape index (κ3) is 25.0. The van der Waals surface area contributed by atoms with Gasteiger partial charge in [-0.1, -0.05) is 30.3 Å². The van der Waals surface area contributed by atoms with Gasteiger partial charge in [-0.15, -0.1) is 0 Å². The minimum atomic E-state index is 0.771. The Kier molecular flexibility index (Phi) is 26.0. The van der Waals surface area contributed by atoms with E-state index in [-0.39, 0.29) is 0 Å². The minimum absolute atomic E-state index is 0.771. The molecule has 8 nitrogen and oxygen atoms in total. The van der Waals surface area contributed by atoms with Crippen LogP contribution in [-0.2, 0) is 6.54 Å². The van der Waals surface area contributed by atoms with Crippen LogP contribution in [0.4, 0.5) is 0 Å². The minimum Gasteiger partial charge on any atom is -0.330 e. The van der Waals surface area contributed by atoms with Crippen molar-refractivity contribution in [3.63, 3.8) is 0 Å². The second-order valence-corrected chi connectivity index (χ2v) is 7.44. The van der Waals surface area contributed by atoms with Crippen molar-refractivity contribution in [2.45, 2.75) is 32.2 Å². The zero-order valence-electron chi connectivity index (χ0n) is 19.6. The molecule has 0 bridgehead atoms. The van der Waals surface area contributed by atoms with E-state index in [1.54, 1.807) is 0 Å². The Balaban J connectivity index is 0.000000649. The highest BCUT2D eigenvalue weighted by Crippen LogP contribution is 1.96. The largest absolute Gasteiger partial charge is 0.330 e. The van der Waals surface area contributed by atoms with Crippen LogP contribution in [0.1, 0.15) is 31.2 Å². The summed E-state index contributed by atoms with van der Waals surface area (Å²) in [7, 11) is 0. The average molecular weight is 439 g/mol. The molecule has 182 valence electrons. The molecule has 31 heavy (non-hydrogen) atoms. The van der Waals surface area contributed by atoms with Crippen molar-refractivity contribution in [1.82, 2.24) is 26.6 Å². The Bertz CT molecular complexity index is 423. The maximum atomic E-state index is 5.42. The lowest BCUT2D eigenvalue weighted by Crippen LogP contribution is -2.30. The fourth-order valence-electron chi connectivity index (χ4n) is 2.70. The molecule has 0 radical (unpaired) electrons. The second kappa shape index (κ2) is 26.9. The summed E-state index contributed by atoms with van der Waals surface area (Å²) >= 11 is 0. The molecule has 0 amide bonds. The molecule has 0 atom stereocenters. The normalized spacial score (nSPS) is 10.7. The Morgan fingerprint density at radius 2 is 0.839 bits per heavy atom. The zero-order chi connectivity index (χ0) is 22.7. The Hall–Kier alpha value is -1.10. The molecule has 0 aliphatic rings. The molecule has 0 spiro atoms. The number of rotatable bonds is 21. The maximum Gasteiger partial charge on any atom is 0.0205 e. The predicted octanol–water partition coefficient (Wildman–Crippen LogP) is -0.442. The average Bonchev–Trinajstić information content (AvgIpc) is 2.80. The molecule has 0 unspecified atom stereocenters. The highest BCUT2D eigenvalue weighted by molar-refractivity contribution is 5.14. The van der Waals surface area contributed by atoms with Crippen LogP contribution in [-0.4, -0.2) is 78.5 Å². The Labute approximate surface area is 190 Å². The van der Waals surface area contributed by atoms with Gasteiger partial charge in [0.2, 0.25) is 0 Å². The number of nitrogens with one attached hydrogen (secondary N) is 5. The van der Waals surface area contributed by atoms with Crippen LogP contribution in [0.25, 0.3) is 0 Å². The second-order valence-electron chi connectivity index (χ2n) is 7.44. The molecule has 0 aliphatic carbocycles. The van der Waals surface area contributed by atoms with Gasteiger partial charge >= 0.3 is 0 Å². The third-order valence-corrected chi connectivity index (χ3v) is 4.51. The van der Waals surface area contributed by atoms with Gasteiger partial charge in [0.05, 0.1) is 0 Å². The molecule has 1 aromatic rings. The molecular weight excluding hydrogens is 388 g/mol. The standard InChI is InChI=1S/C15H28N4.C8H22N4/c16-8-4-9-17-12-13-18-10-5-11-19-14-15-6-2-1-3-7-15;9-3-1-5-11-7-8-12-6-2-4-10/h1-3,6-7,17-19H,4-5,8-14,16H2;11-12H,1-10H2. The zero-order valence-corrected chi connectivity index (χ0v) is 19.6. The van der Waals surface area contributed by atoms with Gasteiger partial charge in [0.1, 0.15) is 0 Å². The van der Waals surface area contributed by atoms with Crippen molar-refractivity contribution in [3.8, 4) is 0 Å². The van der Waals surface area contributed by atoms with Gasteiger partial charge in [0.25, 0.3) is 0 Å². The van der Waals surface area contributed by atoms with Gasteiger partial charge in [-0.05, 0) is 83.6 Å².